The number of hydrogen-bond acceptors (Lipinski definition) is 3. The molecule has 0 atom stereocenters. The van der Waals surface area contributed by atoms with Crippen LogP contribution in [0.1, 0.15) is 16.1 Å². The van der Waals surface area contributed by atoms with Gasteiger partial charge in [-0.25, -0.2) is 4.79 Å². The van der Waals surface area contributed by atoms with E-state index in [1.165, 1.54) is 0 Å². The van der Waals surface area contributed by atoms with Gasteiger partial charge in [-0.3, -0.25) is 10.1 Å². The molecule has 0 radical (unpaired) electrons. The fraction of sp³-hybridized carbons (Fsp3) is 0.100. The van der Waals surface area contributed by atoms with E-state index in [4.69, 9.17) is 5.11 Å². The number of nitrogens with one attached hydrogen (secondary N) is 1. The van der Waals surface area contributed by atoms with E-state index < -0.39 is 17.7 Å². The van der Waals surface area contributed by atoms with Crippen LogP contribution in [0.3, 0.4) is 0 Å². The molecule has 0 bridgehead atoms. The van der Waals surface area contributed by atoms with Crippen molar-refractivity contribution in [3.05, 3.63) is 35.8 Å². The Bertz CT molecular complexity index is 592. The molecule has 18 heavy (non-hydrogen) atoms. The van der Waals surface area contributed by atoms with Crippen molar-refractivity contribution < 1.29 is 23.1 Å². The number of nitrogens with zero attached hydrogens (tertiary/aromatic N) is 2. The molecule has 0 unspecified atom stereocenters. The van der Waals surface area contributed by atoms with Crippen LogP contribution in [0.4, 0.5) is 13.2 Å². The lowest BCUT2D eigenvalue weighted by Crippen LogP contribution is -2.07. The number of halogens is 3. The van der Waals surface area contributed by atoms with Crippen LogP contribution in [0.5, 0.6) is 0 Å². The molecule has 2 aromatic heterocycles. The van der Waals surface area contributed by atoms with Crippen molar-refractivity contribution in [1.29, 1.82) is 0 Å². The van der Waals surface area contributed by atoms with Crippen LogP contribution in [0.25, 0.3) is 11.3 Å². The molecule has 0 aliphatic carbocycles. The van der Waals surface area contributed by atoms with Crippen LogP contribution in [0, 0.1) is 0 Å². The molecule has 2 N–H and O–H groups in total. The third-order valence-corrected chi connectivity index (χ3v) is 2.21. The molecule has 2 aromatic rings. The molecule has 0 saturated heterocycles. The average molecular weight is 257 g/mol. The van der Waals surface area contributed by atoms with Crippen molar-refractivity contribution in [2.24, 2.45) is 0 Å². The van der Waals surface area contributed by atoms with Gasteiger partial charge in [-0.05, 0) is 12.1 Å². The number of carboxylic acid groups (broad SMARTS) is 1. The third kappa shape index (κ3) is 2.17. The third-order valence-electron chi connectivity index (χ3n) is 2.21. The smallest absolute Gasteiger partial charge is 0.417 e. The van der Waals surface area contributed by atoms with Crippen molar-refractivity contribution in [1.82, 2.24) is 15.2 Å². The van der Waals surface area contributed by atoms with E-state index in [9.17, 15) is 18.0 Å². The lowest BCUT2D eigenvalue weighted by atomic mass is 10.1. The highest BCUT2D eigenvalue weighted by Crippen LogP contribution is 2.35. The van der Waals surface area contributed by atoms with Crippen LogP contribution < -0.4 is 0 Å². The molecule has 94 valence electrons. The zero-order chi connectivity index (χ0) is 13.3. The van der Waals surface area contributed by atoms with E-state index in [2.05, 4.69) is 15.2 Å². The summed E-state index contributed by atoms with van der Waals surface area (Å²) >= 11 is 0. The standard InChI is InChI=1S/C10H6F3N3O2/c11-10(12,13)6-1-2-14-4-5(6)7-3-8(9(17)18)16-15-7/h1-4H,(H,15,16)(H,17,18). The van der Waals surface area contributed by atoms with Crippen LogP contribution in [0.2, 0.25) is 0 Å². The SMILES string of the molecule is O=C(O)c1cc(-c2cnccc2C(F)(F)F)n[nH]1. The molecule has 0 spiro atoms. The molecule has 0 saturated carbocycles. The largest absolute Gasteiger partial charge is 0.477 e. The lowest BCUT2D eigenvalue weighted by molar-refractivity contribution is -0.137. The second-order valence-corrected chi connectivity index (χ2v) is 3.39. The van der Waals surface area contributed by atoms with E-state index >= 15 is 0 Å². The molecule has 0 amide bonds. The summed E-state index contributed by atoms with van der Waals surface area (Å²) in [5.41, 5.74) is -1.59. The fourth-order valence-electron chi connectivity index (χ4n) is 1.42. The number of carbonyl (C=O) groups is 1. The fourth-order valence-corrected chi connectivity index (χ4v) is 1.42. The minimum atomic E-state index is -4.55. The van der Waals surface area contributed by atoms with Crippen molar-refractivity contribution in [2.45, 2.75) is 6.18 Å². The first-order valence-electron chi connectivity index (χ1n) is 4.70. The molecule has 2 rings (SSSR count). The van der Waals surface area contributed by atoms with Crippen LogP contribution >= 0.6 is 0 Å². The van der Waals surface area contributed by atoms with Gasteiger partial charge in [0, 0.05) is 18.0 Å². The second-order valence-electron chi connectivity index (χ2n) is 3.39. The first kappa shape index (κ1) is 12.1. The summed E-state index contributed by atoms with van der Waals surface area (Å²) in [5.74, 6) is -1.30. The number of carboxylic acids is 1. The molecule has 5 nitrogen and oxygen atoms in total. The maximum Gasteiger partial charge on any atom is 0.417 e. The van der Waals surface area contributed by atoms with Gasteiger partial charge >= 0.3 is 12.1 Å². The summed E-state index contributed by atoms with van der Waals surface area (Å²) < 4.78 is 38.2. The predicted octanol–water partition coefficient (Wildman–Crippen LogP) is 2.19. The highest BCUT2D eigenvalue weighted by molar-refractivity contribution is 5.87. The molecule has 0 aliphatic heterocycles. The number of hydrogen-bond donors (Lipinski definition) is 2. The van der Waals surface area contributed by atoms with Gasteiger partial charge in [-0.1, -0.05) is 0 Å². The molecule has 0 fully saturated rings. The molecule has 0 aromatic carbocycles. The van der Waals surface area contributed by atoms with Gasteiger partial charge in [0.15, 0.2) is 0 Å². The van der Waals surface area contributed by atoms with Gasteiger partial charge in [0.1, 0.15) is 5.69 Å². The average Bonchev–Trinajstić information content (AvgIpc) is 2.77. The number of aromatic carboxylic acids is 1. The summed E-state index contributed by atoms with van der Waals surface area (Å²) in [6, 6.07) is 1.83. The Labute approximate surface area is 98.3 Å². The quantitative estimate of drug-likeness (QED) is 0.864. The Hall–Kier alpha value is -2.38. The molecular weight excluding hydrogens is 251 g/mol. The van der Waals surface area contributed by atoms with Crippen LogP contribution in [-0.4, -0.2) is 26.3 Å². The molecule has 8 heteroatoms. The van der Waals surface area contributed by atoms with E-state index in [0.717, 1.165) is 24.5 Å². The number of H-pyrrole nitrogens is 1. The van der Waals surface area contributed by atoms with Crippen molar-refractivity contribution in [3.63, 3.8) is 0 Å². The van der Waals surface area contributed by atoms with E-state index in [1.54, 1.807) is 0 Å². The van der Waals surface area contributed by atoms with Crippen LogP contribution in [0.15, 0.2) is 24.5 Å². The Morgan fingerprint density at radius 1 is 1.39 bits per heavy atom. The van der Waals surface area contributed by atoms with Crippen molar-refractivity contribution in [3.8, 4) is 11.3 Å². The summed E-state index contributed by atoms with van der Waals surface area (Å²) in [4.78, 5) is 14.2. The summed E-state index contributed by atoms with van der Waals surface area (Å²) in [6.07, 6.45) is -2.55. The number of aromatic nitrogens is 3. The van der Waals surface area contributed by atoms with Crippen molar-refractivity contribution in [2.75, 3.05) is 0 Å². The maximum absolute atomic E-state index is 12.7. The highest BCUT2D eigenvalue weighted by Gasteiger charge is 2.34. The first-order valence-corrected chi connectivity index (χ1v) is 4.70. The van der Waals surface area contributed by atoms with Gasteiger partial charge in [0.05, 0.1) is 11.3 Å². The van der Waals surface area contributed by atoms with Gasteiger partial charge < -0.3 is 5.11 Å². The van der Waals surface area contributed by atoms with E-state index in [1.807, 2.05) is 0 Å². The minimum absolute atomic E-state index is 0.118. The first-order chi connectivity index (χ1) is 8.39. The van der Waals surface area contributed by atoms with E-state index in [-0.39, 0.29) is 17.0 Å². The monoisotopic (exact) mass is 257 g/mol. The molecular formula is C10H6F3N3O2. The lowest BCUT2D eigenvalue weighted by Gasteiger charge is -2.09. The Kier molecular flexibility index (Phi) is 2.77. The summed E-state index contributed by atoms with van der Waals surface area (Å²) in [6.45, 7) is 0. The predicted molar refractivity (Wildman–Crippen MR) is 53.8 cm³/mol. The van der Waals surface area contributed by atoms with Gasteiger partial charge in [0.25, 0.3) is 0 Å². The minimum Gasteiger partial charge on any atom is -0.477 e. The normalized spacial score (nSPS) is 11.5. The van der Waals surface area contributed by atoms with Gasteiger partial charge in [0.2, 0.25) is 0 Å². The van der Waals surface area contributed by atoms with Gasteiger partial charge in [-0.15, -0.1) is 0 Å². The van der Waals surface area contributed by atoms with Crippen molar-refractivity contribution >= 4 is 5.97 Å². The van der Waals surface area contributed by atoms with E-state index in [0.29, 0.717) is 0 Å². The topological polar surface area (TPSA) is 78.9 Å². The Morgan fingerprint density at radius 3 is 2.67 bits per heavy atom. The number of aromatic amines is 1. The zero-order valence-electron chi connectivity index (χ0n) is 8.69. The van der Waals surface area contributed by atoms with Gasteiger partial charge in [-0.2, -0.15) is 18.3 Å². The molecule has 0 aliphatic rings. The number of pyridine rings is 1. The number of alkyl halides is 3. The highest BCUT2D eigenvalue weighted by atomic mass is 19.4. The summed E-state index contributed by atoms with van der Waals surface area (Å²) in [7, 11) is 0. The Balaban J connectivity index is 2.53. The zero-order valence-corrected chi connectivity index (χ0v) is 8.69. The summed E-state index contributed by atoms with van der Waals surface area (Å²) in [5, 5.41) is 14.3. The van der Waals surface area contributed by atoms with Crippen LogP contribution in [-0.2, 0) is 6.18 Å². The second kappa shape index (κ2) is 4.13. The molecule has 2 heterocycles. The Morgan fingerprint density at radius 2 is 2.11 bits per heavy atom. The number of rotatable bonds is 2. The maximum atomic E-state index is 12.7.